The van der Waals surface area contributed by atoms with Crippen LogP contribution in [-0.2, 0) is 14.0 Å². The lowest BCUT2D eigenvalue weighted by atomic mass is 9.45. The van der Waals surface area contributed by atoms with Crippen molar-refractivity contribution in [1.29, 1.82) is 0 Å². The summed E-state index contributed by atoms with van der Waals surface area (Å²) in [6, 6.07) is 0. The minimum Gasteiger partial charge on any atom is -0.402 e. The first-order valence-corrected chi connectivity index (χ1v) is 11.1. The molecule has 4 saturated carbocycles. The van der Waals surface area contributed by atoms with Crippen LogP contribution in [0.2, 0.25) is 0 Å². The lowest BCUT2D eigenvalue weighted by molar-refractivity contribution is -0.138. The van der Waals surface area contributed by atoms with E-state index in [-0.39, 0.29) is 17.6 Å². The lowest BCUT2D eigenvalue weighted by Gasteiger charge is -2.61. The van der Waals surface area contributed by atoms with Gasteiger partial charge in [-0.05, 0) is 92.8 Å². The maximum atomic E-state index is 9.78. The van der Waals surface area contributed by atoms with Crippen molar-refractivity contribution >= 4 is 7.32 Å². The van der Waals surface area contributed by atoms with Crippen LogP contribution in [0.5, 0.6) is 0 Å². The van der Waals surface area contributed by atoms with E-state index in [0.29, 0.717) is 17.4 Å². The minimum atomic E-state index is -0.998. The molecule has 1 saturated heterocycles. The number of fused-ring (bicyclic) bond motifs is 7. The quantitative estimate of drug-likeness (QED) is 0.759. The molecule has 1 heterocycles. The van der Waals surface area contributed by atoms with Crippen LogP contribution in [0.15, 0.2) is 0 Å². The molecule has 0 spiro atoms. The zero-order valence-corrected chi connectivity index (χ0v) is 16.7. The summed E-state index contributed by atoms with van der Waals surface area (Å²) in [7, 11) is -0.998. The Kier molecular flexibility index (Phi) is 4.29. The topological polar surface area (TPSA) is 47.9 Å². The molecule has 5 aliphatic rings. The van der Waals surface area contributed by atoms with Crippen molar-refractivity contribution in [3.05, 3.63) is 0 Å². The molecule has 0 radical (unpaired) electrons. The van der Waals surface area contributed by atoms with Gasteiger partial charge >= 0.3 is 7.32 Å². The number of ether oxygens (including phenoxy) is 1. The van der Waals surface area contributed by atoms with Crippen molar-refractivity contribution < 1.29 is 19.1 Å². The molecule has 1 aliphatic heterocycles. The van der Waals surface area contributed by atoms with Gasteiger partial charge in [-0.2, -0.15) is 0 Å². The summed E-state index contributed by atoms with van der Waals surface area (Å²) in [6.07, 6.45) is 10.9. The van der Waals surface area contributed by atoms with Gasteiger partial charge in [-0.15, -0.1) is 0 Å². The second-order valence-electron chi connectivity index (χ2n) is 10.3. The van der Waals surface area contributed by atoms with Crippen LogP contribution < -0.4 is 0 Å². The maximum absolute atomic E-state index is 9.78. The van der Waals surface area contributed by atoms with Gasteiger partial charge in [0.2, 0.25) is 0 Å². The Bertz CT molecular complexity index is 558. The van der Waals surface area contributed by atoms with E-state index >= 15 is 0 Å². The van der Waals surface area contributed by atoms with E-state index in [4.69, 9.17) is 14.0 Å². The zero-order valence-electron chi connectivity index (χ0n) is 16.7. The molecule has 0 aromatic heterocycles. The van der Waals surface area contributed by atoms with E-state index in [1.165, 1.54) is 44.9 Å². The molecule has 0 unspecified atom stereocenters. The van der Waals surface area contributed by atoms with Crippen molar-refractivity contribution in [1.82, 2.24) is 0 Å². The second-order valence-corrected chi connectivity index (χ2v) is 10.3. The Morgan fingerprint density at radius 3 is 2.62 bits per heavy atom. The Labute approximate surface area is 158 Å². The van der Waals surface area contributed by atoms with E-state index < -0.39 is 7.32 Å². The zero-order chi connectivity index (χ0) is 18.1. The number of rotatable bonds is 2. The van der Waals surface area contributed by atoms with Gasteiger partial charge < -0.3 is 19.1 Å². The fourth-order valence-corrected chi connectivity index (χ4v) is 8.23. The SMILES string of the molecule is CCO[C@H]1CC[C@@]2(C)[C@@H](CC[C@H]3[C@H]2CC[C@@]2(C)[C@@H]3C[C@H]3OB(O)O[C@@H]32)C1. The first-order chi connectivity index (χ1) is 12.5. The molecule has 0 aromatic carbocycles. The van der Waals surface area contributed by atoms with Gasteiger partial charge in [-0.25, -0.2) is 0 Å². The smallest absolute Gasteiger partial charge is 0.402 e. The van der Waals surface area contributed by atoms with Gasteiger partial charge in [-0.3, -0.25) is 0 Å². The predicted octanol–water partition coefficient (Wildman–Crippen LogP) is 3.81. The van der Waals surface area contributed by atoms with Crippen molar-refractivity contribution in [2.45, 2.75) is 90.4 Å². The van der Waals surface area contributed by atoms with Crippen molar-refractivity contribution in [3.8, 4) is 0 Å². The van der Waals surface area contributed by atoms with Crippen molar-refractivity contribution in [2.75, 3.05) is 6.61 Å². The molecule has 0 amide bonds. The van der Waals surface area contributed by atoms with Crippen LogP contribution in [0.1, 0.15) is 72.1 Å². The molecular formula is C21H35BO4. The van der Waals surface area contributed by atoms with Crippen LogP contribution >= 0.6 is 0 Å². The highest BCUT2D eigenvalue weighted by Gasteiger charge is 2.65. The van der Waals surface area contributed by atoms with E-state index in [9.17, 15) is 5.02 Å². The highest BCUT2D eigenvalue weighted by atomic mass is 16.7. The van der Waals surface area contributed by atoms with Crippen LogP contribution in [0, 0.1) is 34.5 Å². The van der Waals surface area contributed by atoms with Gasteiger partial charge in [0.1, 0.15) is 0 Å². The maximum Gasteiger partial charge on any atom is 0.637 e. The summed E-state index contributed by atoms with van der Waals surface area (Å²) in [5.41, 5.74) is 0.686. The van der Waals surface area contributed by atoms with Gasteiger partial charge in [-0.1, -0.05) is 13.8 Å². The van der Waals surface area contributed by atoms with E-state index in [2.05, 4.69) is 20.8 Å². The van der Waals surface area contributed by atoms with Crippen LogP contribution in [0.4, 0.5) is 0 Å². The van der Waals surface area contributed by atoms with E-state index in [0.717, 1.165) is 30.8 Å². The summed E-state index contributed by atoms with van der Waals surface area (Å²) in [5.74, 6) is 3.21. The fourth-order valence-electron chi connectivity index (χ4n) is 8.23. The largest absolute Gasteiger partial charge is 0.637 e. The standard InChI is InChI=1S/C21H35BO4/c1-4-24-14-7-9-20(2)13(11-14)5-6-15-16(20)8-10-21(3)17(15)12-18-19(21)26-22(23)25-18/h13-19,23H,4-12H2,1-3H3/t13-,14-,15-,16+,17+,18+,19-,20-,21-/m0/s1. The molecule has 0 aromatic rings. The molecule has 4 aliphatic carbocycles. The summed E-state index contributed by atoms with van der Waals surface area (Å²) in [5, 5.41) is 9.78. The molecule has 9 atom stereocenters. The predicted molar refractivity (Wildman–Crippen MR) is 100 cm³/mol. The molecule has 4 nitrogen and oxygen atoms in total. The minimum absolute atomic E-state index is 0.0997. The molecule has 0 bridgehead atoms. The third-order valence-corrected chi connectivity index (χ3v) is 9.49. The highest BCUT2D eigenvalue weighted by Crippen LogP contribution is 2.67. The fraction of sp³-hybridized carbons (Fsp3) is 1.00. The summed E-state index contributed by atoms with van der Waals surface area (Å²) in [6.45, 7) is 8.01. The number of hydrogen-bond donors (Lipinski definition) is 1. The molecule has 26 heavy (non-hydrogen) atoms. The summed E-state index contributed by atoms with van der Waals surface area (Å²) in [4.78, 5) is 0. The molecule has 5 rings (SSSR count). The Hall–Kier alpha value is -0.0951. The Balaban J connectivity index is 1.37. The second kappa shape index (κ2) is 6.20. The monoisotopic (exact) mass is 362 g/mol. The van der Waals surface area contributed by atoms with Crippen LogP contribution in [0.3, 0.4) is 0 Å². The molecule has 5 heteroatoms. The first kappa shape index (κ1) is 18.0. The molecule has 5 fully saturated rings. The average Bonchev–Trinajstić information content (AvgIpc) is 3.10. The van der Waals surface area contributed by atoms with Gasteiger partial charge in [0, 0.05) is 6.61 Å². The lowest BCUT2D eigenvalue weighted by Crippen LogP contribution is -2.54. The van der Waals surface area contributed by atoms with Gasteiger partial charge in [0.05, 0.1) is 18.3 Å². The van der Waals surface area contributed by atoms with Crippen molar-refractivity contribution in [3.63, 3.8) is 0 Å². The van der Waals surface area contributed by atoms with Crippen LogP contribution in [-0.4, -0.2) is 37.3 Å². The Morgan fingerprint density at radius 1 is 1.00 bits per heavy atom. The van der Waals surface area contributed by atoms with E-state index in [1.807, 2.05) is 0 Å². The normalized spacial score (nSPS) is 55.8. The first-order valence-electron chi connectivity index (χ1n) is 11.1. The van der Waals surface area contributed by atoms with E-state index in [1.54, 1.807) is 0 Å². The number of hydrogen-bond acceptors (Lipinski definition) is 4. The summed E-state index contributed by atoms with van der Waals surface area (Å²) >= 11 is 0. The van der Waals surface area contributed by atoms with Gasteiger partial charge in [0.25, 0.3) is 0 Å². The molecule has 1 N–H and O–H groups in total. The van der Waals surface area contributed by atoms with Gasteiger partial charge in [0.15, 0.2) is 0 Å². The van der Waals surface area contributed by atoms with Crippen LogP contribution in [0.25, 0.3) is 0 Å². The average molecular weight is 362 g/mol. The molecular weight excluding hydrogens is 327 g/mol. The highest BCUT2D eigenvalue weighted by molar-refractivity contribution is 6.35. The summed E-state index contributed by atoms with van der Waals surface area (Å²) < 4.78 is 17.5. The van der Waals surface area contributed by atoms with Crippen molar-refractivity contribution in [2.24, 2.45) is 34.5 Å². The third kappa shape index (κ3) is 2.43. The molecule has 146 valence electrons. The Morgan fingerprint density at radius 2 is 1.81 bits per heavy atom. The third-order valence-electron chi connectivity index (χ3n) is 9.49.